The summed E-state index contributed by atoms with van der Waals surface area (Å²) in [5, 5.41) is 6.12. The summed E-state index contributed by atoms with van der Waals surface area (Å²) >= 11 is 0. The number of amides is 1. The van der Waals surface area contributed by atoms with Crippen LogP contribution in [0.25, 0.3) is 11.1 Å². The van der Waals surface area contributed by atoms with E-state index in [1.807, 2.05) is 12.1 Å². The van der Waals surface area contributed by atoms with Crippen LogP contribution in [0.1, 0.15) is 30.5 Å². The Hall–Kier alpha value is -3.26. The number of rotatable bonds is 8. The van der Waals surface area contributed by atoms with Crippen LogP contribution in [-0.2, 0) is 16.0 Å². The maximum Gasteiger partial charge on any atom is 0.217 e. The Morgan fingerprint density at radius 3 is 2.44 bits per heavy atom. The minimum atomic E-state index is -0.330. The lowest BCUT2D eigenvalue weighted by atomic mass is 9.95. The van der Waals surface area contributed by atoms with Crippen molar-refractivity contribution in [3.8, 4) is 28.4 Å². The van der Waals surface area contributed by atoms with E-state index in [2.05, 4.69) is 10.6 Å². The van der Waals surface area contributed by atoms with Gasteiger partial charge in [-0.2, -0.15) is 0 Å². The Balaban J connectivity index is 2.31. The smallest absolute Gasteiger partial charge is 0.217 e. The fraction of sp³-hybridized carbons (Fsp3) is 0.417. The highest BCUT2D eigenvalue weighted by Gasteiger charge is 2.29. The number of ether oxygens (including phenoxy) is 4. The topological polar surface area (TPSA) is 95.1 Å². The lowest BCUT2D eigenvalue weighted by Gasteiger charge is -2.19. The zero-order valence-electron chi connectivity index (χ0n) is 19.2. The van der Waals surface area contributed by atoms with Gasteiger partial charge in [0.15, 0.2) is 11.5 Å². The number of benzene rings is 1. The molecule has 2 aromatic rings. The van der Waals surface area contributed by atoms with Crippen LogP contribution in [0.2, 0.25) is 0 Å². The van der Waals surface area contributed by atoms with E-state index in [1.165, 1.54) is 6.92 Å². The number of anilines is 1. The molecule has 0 aromatic heterocycles. The van der Waals surface area contributed by atoms with E-state index in [-0.39, 0.29) is 17.4 Å². The molecule has 1 unspecified atom stereocenters. The molecule has 3 rings (SSSR count). The zero-order valence-corrected chi connectivity index (χ0v) is 19.2. The summed E-state index contributed by atoms with van der Waals surface area (Å²) in [6.45, 7) is 2.45. The van der Waals surface area contributed by atoms with Crippen LogP contribution in [0.4, 0.5) is 5.69 Å². The standard InChI is InChI=1S/C24H30N2O6/c1-14(27)26-18-8-6-15-12-21(30-3)23(31-4)24(32-5)22(15)16-7-9-19(25-10-11-29-2)20(28)13-17(16)18/h7,9,12-13,18H,6,8,10-11H2,1-5H3,(H,25,28)(H,26,27). The Morgan fingerprint density at radius 1 is 1.06 bits per heavy atom. The van der Waals surface area contributed by atoms with Crippen molar-refractivity contribution in [3.63, 3.8) is 0 Å². The van der Waals surface area contributed by atoms with Gasteiger partial charge >= 0.3 is 0 Å². The molecule has 8 heteroatoms. The summed E-state index contributed by atoms with van der Waals surface area (Å²) in [5.74, 6) is 1.41. The van der Waals surface area contributed by atoms with E-state index in [0.29, 0.717) is 48.9 Å². The Bertz CT molecular complexity index is 1050. The maximum absolute atomic E-state index is 13.0. The molecule has 0 heterocycles. The SMILES string of the molecule is COCCNc1ccc2c(cc1=O)C(NC(C)=O)CCc1cc(OC)c(OC)c(OC)c1-2. The summed E-state index contributed by atoms with van der Waals surface area (Å²) in [4.78, 5) is 25.0. The van der Waals surface area contributed by atoms with Crippen molar-refractivity contribution in [2.75, 3.05) is 46.9 Å². The number of carbonyl (C=O) groups excluding carboxylic acids is 1. The van der Waals surface area contributed by atoms with Gasteiger partial charge in [-0.3, -0.25) is 9.59 Å². The predicted octanol–water partition coefficient (Wildman–Crippen LogP) is 2.92. The lowest BCUT2D eigenvalue weighted by Crippen LogP contribution is -2.26. The number of hydrogen-bond acceptors (Lipinski definition) is 7. The number of hydrogen-bond donors (Lipinski definition) is 2. The average Bonchev–Trinajstić information content (AvgIpc) is 3.02. The number of carbonyl (C=O) groups is 1. The maximum atomic E-state index is 13.0. The molecule has 172 valence electrons. The third-order valence-corrected chi connectivity index (χ3v) is 5.54. The summed E-state index contributed by atoms with van der Waals surface area (Å²) in [6, 6.07) is 6.84. The highest BCUT2D eigenvalue weighted by atomic mass is 16.5. The van der Waals surface area contributed by atoms with E-state index in [0.717, 1.165) is 22.3 Å². The van der Waals surface area contributed by atoms with Crippen molar-refractivity contribution < 1.29 is 23.7 Å². The van der Waals surface area contributed by atoms with Gasteiger partial charge in [0.2, 0.25) is 17.1 Å². The highest BCUT2D eigenvalue weighted by molar-refractivity contribution is 5.83. The van der Waals surface area contributed by atoms with Gasteiger partial charge in [-0.15, -0.1) is 0 Å². The van der Waals surface area contributed by atoms with Crippen molar-refractivity contribution in [2.45, 2.75) is 25.8 Å². The number of fused-ring (bicyclic) bond motifs is 3. The molecule has 2 aromatic carbocycles. The number of aryl methyl sites for hydroxylation is 1. The van der Waals surface area contributed by atoms with E-state index in [9.17, 15) is 9.59 Å². The van der Waals surface area contributed by atoms with Gasteiger partial charge < -0.3 is 29.6 Å². The Morgan fingerprint density at radius 2 is 1.81 bits per heavy atom. The summed E-state index contributed by atoms with van der Waals surface area (Å²) in [5.41, 5.74) is 3.63. The molecule has 0 bridgehead atoms. The predicted molar refractivity (Wildman–Crippen MR) is 123 cm³/mol. The number of methoxy groups -OCH3 is 4. The van der Waals surface area contributed by atoms with Gasteiger partial charge in [0, 0.05) is 26.1 Å². The average molecular weight is 443 g/mol. The molecule has 0 saturated carbocycles. The second-order valence-corrected chi connectivity index (χ2v) is 7.52. The molecule has 0 aliphatic heterocycles. The lowest BCUT2D eigenvalue weighted by molar-refractivity contribution is -0.119. The molecular formula is C24H30N2O6. The first-order chi connectivity index (χ1) is 15.4. The van der Waals surface area contributed by atoms with Gasteiger partial charge in [-0.25, -0.2) is 0 Å². The molecule has 1 atom stereocenters. The largest absolute Gasteiger partial charge is 0.493 e. The van der Waals surface area contributed by atoms with Gasteiger partial charge in [0.1, 0.15) is 0 Å². The van der Waals surface area contributed by atoms with Gasteiger partial charge in [-0.1, -0.05) is 6.07 Å². The quantitative estimate of drug-likeness (QED) is 0.607. The van der Waals surface area contributed by atoms with Crippen molar-refractivity contribution in [1.82, 2.24) is 5.32 Å². The fourth-order valence-electron chi connectivity index (χ4n) is 4.14. The van der Waals surface area contributed by atoms with Crippen molar-refractivity contribution in [3.05, 3.63) is 45.6 Å². The fourth-order valence-corrected chi connectivity index (χ4v) is 4.14. The van der Waals surface area contributed by atoms with Crippen LogP contribution in [-0.4, -0.2) is 47.5 Å². The minimum absolute atomic E-state index is 0.161. The minimum Gasteiger partial charge on any atom is -0.493 e. The second-order valence-electron chi connectivity index (χ2n) is 7.52. The van der Waals surface area contributed by atoms with E-state index >= 15 is 0 Å². The molecule has 0 saturated heterocycles. The normalized spacial score (nSPS) is 14.5. The molecular weight excluding hydrogens is 412 g/mol. The molecule has 1 aliphatic carbocycles. The van der Waals surface area contributed by atoms with Crippen molar-refractivity contribution in [1.29, 1.82) is 0 Å². The molecule has 2 N–H and O–H groups in total. The second kappa shape index (κ2) is 10.4. The van der Waals surface area contributed by atoms with Crippen molar-refractivity contribution in [2.24, 2.45) is 0 Å². The monoisotopic (exact) mass is 442 g/mol. The van der Waals surface area contributed by atoms with Crippen LogP contribution < -0.4 is 30.3 Å². The van der Waals surface area contributed by atoms with E-state index < -0.39 is 0 Å². The first kappa shape index (κ1) is 23.4. The summed E-state index contributed by atoms with van der Waals surface area (Å²) in [7, 11) is 6.32. The van der Waals surface area contributed by atoms with Gasteiger partial charge in [0.05, 0.1) is 39.7 Å². The van der Waals surface area contributed by atoms with Gasteiger partial charge in [-0.05, 0) is 47.7 Å². The van der Waals surface area contributed by atoms with Gasteiger partial charge in [0.25, 0.3) is 0 Å². The highest BCUT2D eigenvalue weighted by Crippen LogP contribution is 2.50. The van der Waals surface area contributed by atoms with Crippen LogP contribution in [0.5, 0.6) is 17.2 Å². The third kappa shape index (κ3) is 4.65. The Labute approximate surface area is 187 Å². The van der Waals surface area contributed by atoms with Crippen LogP contribution >= 0.6 is 0 Å². The molecule has 8 nitrogen and oxygen atoms in total. The molecule has 0 radical (unpaired) electrons. The molecule has 1 aliphatic rings. The Kier molecular flexibility index (Phi) is 7.58. The molecule has 1 amide bonds. The van der Waals surface area contributed by atoms with Crippen LogP contribution in [0.15, 0.2) is 29.1 Å². The number of nitrogens with one attached hydrogen (secondary N) is 2. The third-order valence-electron chi connectivity index (χ3n) is 5.54. The van der Waals surface area contributed by atoms with E-state index in [1.54, 1.807) is 40.6 Å². The molecule has 32 heavy (non-hydrogen) atoms. The van der Waals surface area contributed by atoms with Crippen LogP contribution in [0, 0.1) is 0 Å². The molecule has 0 spiro atoms. The van der Waals surface area contributed by atoms with Crippen molar-refractivity contribution >= 4 is 11.6 Å². The van der Waals surface area contributed by atoms with E-state index in [4.69, 9.17) is 18.9 Å². The first-order valence-corrected chi connectivity index (χ1v) is 10.5. The summed E-state index contributed by atoms with van der Waals surface area (Å²) < 4.78 is 22.0. The summed E-state index contributed by atoms with van der Waals surface area (Å²) in [6.07, 6.45) is 1.27. The first-order valence-electron chi connectivity index (χ1n) is 10.5. The zero-order chi connectivity index (χ0) is 23.3. The van der Waals surface area contributed by atoms with Crippen LogP contribution in [0.3, 0.4) is 0 Å². The molecule has 0 fully saturated rings.